The van der Waals surface area contributed by atoms with Crippen LogP contribution in [-0.2, 0) is 0 Å². The summed E-state index contributed by atoms with van der Waals surface area (Å²) >= 11 is 7.55. The zero-order valence-corrected chi connectivity index (χ0v) is 16.2. The molecule has 1 N–H and O–H groups in total. The average molecular weight is 407 g/mol. The molecule has 0 radical (unpaired) electrons. The molecular weight excluding hydrogens is 392 g/mol. The number of benzene rings is 3. The molecule has 0 spiro atoms. The fourth-order valence-electron chi connectivity index (χ4n) is 2.55. The minimum Gasteiger partial charge on any atom is -0.320 e. The summed E-state index contributed by atoms with van der Waals surface area (Å²) in [4.78, 5) is 17.9. The van der Waals surface area contributed by atoms with Gasteiger partial charge in [0.05, 0.1) is 16.4 Å². The molecule has 0 aliphatic heterocycles. The predicted molar refractivity (Wildman–Crippen MR) is 113 cm³/mol. The number of halogens is 1. The first-order chi connectivity index (χ1) is 13.7. The number of nitrogens with one attached hydrogen (secondary N) is 1. The Morgan fingerprint density at radius 1 is 0.929 bits per heavy atom. The van der Waals surface area contributed by atoms with Gasteiger partial charge in [-0.15, -0.1) is 5.10 Å². The van der Waals surface area contributed by atoms with Gasteiger partial charge in [0.15, 0.2) is 0 Å². The first-order valence-electron chi connectivity index (χ1n) is 8.52. The van der Waals surface area contributed by atoms with Gasteiger partial charge in [0.2, 0.25) is 9.81 Å². The molecule has 1 aromatic heterocycles. The highest BCUT2D eigenvalue weighted by Crippen LogP contribution is 2.20. The van der Waals surface area contributed by atoms with Crippen LogP contribution in [0.15, 0.2) is 89.9 Å². The van der Waals surface area contributed by atoms with Gasteiger partial charge in [-0.05, 0) is 36.4 Å². The molecule has 0 bridgehead atoms. The van der Waals surface area contributed by atoms with Crippen LogP contribution >= 0.6 is 22.9 Å². The van der Waals surface area contributed by atoms with Crippen LogP contribution in [0.1, 0.15) is 9.80 Å². The smallest absolute Gasteiger partial charge is 0.286 e. The van der Waals surface area contributed by atoms with Crippen molar-refractivity contribution in [1.82, 2.24) is 9.78 Å². The van der Waals surface area contributed by atoms with Crippen molar-refractivity contribution in [3.63, 3.8) is 0 Å². The Hall–Kier alpha value is -3.22. The van der Waals surface area contributed by atoms with Gasteiger partial charge < -0.3 is 5.32 Å². The lowest BCUT2D eigenvalue weighted by atomic mass is 10.3. The van der Waals surface area contributed by atoms with Crippen LogP contribution in [-0.4, -0.2) is 15.7 Å². The van der Waals surface area contributed by atoms with Gasteiger partial charge in [-0.1, -0.05) is 71.5 Å². The van der Waals surface area contributed by atoms with E-state index < -0.39 is 0 Å². The Morgan fingerprint density at radius 3 is 2.29 bits per heavy atom. The van der Waals surface area contributed by atoms with Gasteiger partial charge in [0.25, 0.3) is 5.91 Å². The van der Waals surface area contributed by atoms with Crippen molar-refractivity contribution in [3.8, 4) is 5.69 Å². The Labute approximate surface area is 170 Å². The Bertz CT molecular complexity index is 1170. The molecule has 4 rings (SSSR count). The summed E-state index contributed by atoms with van der Waals surface area (Å²) < 4.78 is 1.60. The SMILES string of the molecule is O=C(Nc1ccccc1)c1nn(-c2ccccc2Cl)c(=Nc2ccccc2)s1. The number of amides is 1. The zero-order valence-electron chi connectivity index (χ0n) is 14.6. The minimum atomic E-state index is -0.300. The summed E-state index contributed by atoms with van der Waals surface area (Å²) in [5, 5.41) is 8.14. The Balaban J connectivity index is 1.79. The van der Waals surface area contributed by atoms with Crippen LogP contribution < -0.4 is 10.1 Å². The number of nitrogens with zero attached hydrogens (tertiary/aromatic N) is 3. The fourth-order valence-corrected chi connectivity index (χ4v) is 3.58. The third-order valence-corrected chi connectivity index (χ3v) is 5.07. The van der Waals surface area contributed by atoms with Crippen LogP contribution in [0, 0.1) is 0 Å². The van der Waals surface area contributed by atoms with E-state index in [1.165, 1.54) is 11.3 Å². The molecule has 0 fully saturated rings. The third kappa shape index (κ3) is 4.03. The molecule has 138 valence electrons. The van der Waals surface area contributed by atoms with Gasteiger partial charge >= 0.3 is 0 Å². The lowest BCUT2D eigenvalue weighted by Crippen LogP contribution is -2.15. The second-order valence-electron chi connectivity index (χ2n) is 5.82. The van der Waals surface area contributed by atoms with E-state index in [4.69, 9.17) is 11.6 Å². The number of carbonyl (C=O) groups is 1. The molecule has 5 nitrogen and oxygen atoms in total. The maximum atomic E-state index is 12.7. The van der Waals surface area contributed by atoms with Crippen molar-refractivity contribution >= 4 is 40.2 Å². The van der Waals surface area contributed by atoms with E-state index in [9.17, 15) is 4.79 Å². The summed E-state index contributed by atoms with van der Waals surface area (Å²) in [6.07, 6.45) is 0. The second-order valence-corrected chi connectivity index (χ2v) is 7.18. The van der Waals surface area contributed by atoms with E-state index in [0.29, 0.717) is 26.2 Å². The first kappa shape index (κ1) is 18.2. The van der Waals surface area contributed by atoms with Crippen molar-refractivity contribution < 1.29 is 4.79 Å². The van der Waals surface area contributed by atoms with Crippen LogP contribution in [0.4, 0.5) is 11.4 Å². The van der Waals surface area contributed by atoms with E-state index >= 15 is 0 Å². The van der Waals surface area contributed by atoms with Gasteiger partial charge in [-0.25, -0.2) is 9.67 Å². The van der Waals surface area contributed by atoms with E-state index in [-0.39, 0.29) is 5.91 Å². The molecule has 0 aliphatic carbocycles. The molecule has 3 aromatic carbocycles. The van der Waals surface area contributed by atoms with E-state index in [0.717, 1.165) is 5.69 Å². The molecule has 7 heteroatoms. The summed E-state index contributed by atoms with van der Waals surface area (Å²) in [7, 11) is 0. The summed E-state index contributed by atoms with van der Waals surface area (Å²) in [6.45, 7) is 0. The first-order valence-corrected chi connectivity index (χ1v) is 9.71. The van der Waals surface area contributed by atoms with Gasteiger partial charge in [0.1, 0.15) is 0 Å². The third-order valence-electron chi connectivity index (χ3n) is 3.85. The van der Waals surface area contributed by atoms with Crippen LogP contribution in [0.2, 0.25) is 5.02 Å². The summed E-state index contributed by atoms with van der Waals surface area (Å²) in [5.74, 6) is -0.300. The van der Waals surface area contributed by atoms with E-state index in [1.807, 2.05) is 78.9 Å². The molecule has 1 heterocycles. The summed E-state index contributed by atoms with van der Waals surface area (Å²) in [6, 6.07) is 26.1. The van der Waals surface area contributed by atoms with E-state index in [2.05, 4.69) is 15.4 Å². The highest BCUT2D eigenvalue weighted by atomic mass is 35.5. The number of anilines is 1. The lowest BCUT2D eigenvalue weighted by Gasteiger charge is -2.04. The number of rotatable bonds is 4. The number of carbonyl (C=O) groups excluding carboxylic acids is 1. The van der Waals surface area contributed by atoms with Crippen molar-refractivity contribution in [2.75, 3.05) is 5.32 Å². The standard InChI is InChI=1S/C21H15ClN4OS/c22-17-13-7-8-14-18(17)26-21(24-16-11-5-2-6-12-16)28-20(25-26)19(27)23-15-9-3-1-4-10-15/h1-14H,(H,23,27). The zero-order chi connectivity index (χ0) is 19.3. The largest absolute Gasteiger partial charge is 0.320 e. The fraction of sp³-hybridized carbons (Fsp3) is 0. The van der Waals surface area contributed by atoms with Crippen LogP contribution in [0.25, 0.3) is 5.69 Å². The van der Waals surface area contributed by atoms with Crippen molar-refractivity contribution in [2.45, 2.75) is 0 Å². The maximum absolute atomic E-state index is 12.7. The number of aromatic nitrogens is 2. The maximum Gasteiger partial charge on any atom is 0.286 e. The van der Waals surface area contributed by atoms with Crippen molar-refractivity contribution in [1.29, 1.82) is 0 Å². The highest BCUT2D eigenvalue weighted by molar-refractivity contribution is 7.11. The molecule has 0 atom stereocenters. The van der Waals surface area contributed by atoms with Gasteiger partial charge in [-0.3, -0.25) is 4.79 Å². The minimum absolute atomic E-state index is 0.290. The van der Waals surface area contributed by atoms with Crippen LogP contribution in [0.3, 0.4) is 0 Å². The normalized spacial score (nSPS) is 11.4. The van der Waals surface area contributed by atoms with Gasteiger partial charge in [0, 0.05) is 5.69 Å². The van der Waals surface area contributed by atoms with Crippen molar-refractivity contribution in [2.24, 2.45) is 4.99 Å². The number of hydrogen-bond acceptors (Lipinski definition) is 4. The Morgan fingerprint density at radius 2 is 1.57 bits per heavy atom. The molecular formula is C21H15ClN4OS. The Kier molecular flexibility index (Phi) is 5.32. The van der Waals surface area contributed by atoms with Crippen LogP contribution in [0.5, 0.6) is 0 Å². The molecule has 0 unspecified atom stereocenters. The molecule has 0 saturated heterocycles. The molecule has 1 amide bonds. The molecule has 0 saturated carbocycles. The van der Waals surface area contributed by atoms with Gasteiger partial charge in [-0.2, -0.15) is 0 Å². The average Bonchev–Trinajstić information content (AvgIpc) is 3.13. The molecule has 0 aliphatic rings. The second kappa shape index (κ2) is 8.21. The predicted octanol–water partition coefficient (Wildman–Crippen LogP) is 5.07. The lowest BCUT2D eigenvalue weighted by molar-refractivity contribution is 0.102. The number of hydrogen-bond donors (Lipinski definition) is 1. The molecule has 28 heavy (non-hydrogen) atoms. The quantitative estimate of drug-likeness (QED) is 0.514. The van der Waals surface area contributed by atoms with E-state index in [1.54, 1.807) is 10.7 Å². The highest BCUT2D eigenvalue weighted by Gasteiger charge is 2.16. The number of para-hydroxylation sites is 3. The summed E-state index contributed by atoms with van der Waals surface area (Å²) in [5.41, 5.74) is 2.13. The monoisotopic (exact) mass is 406 g/mol. The molecule has 4 aromatic rings. The van der Waals surface area contributed by atoms with Crippen molar-refractivity contribution in [3.05, 3.63) is 99.8 Å². The topological polar surface area (TPSA) is 59.3 Å².